The van der Waals surface area contributed by atoms with Crippen LogP contribution >= 0.6 is 0 Å². The van der Waals surface area contributed by atoms with Crippen LogP contribution in [0.3, 0.4) is 0 Å². The monoisotopic (exact) mass is 370 g/mol. The van der Waals surface area contributed by atoms with Crippen LogP contribution in [-0.4, -0.2) is 63.8 Å². The van der Waals surface area contributed by atoms with Crippen LogP contribution in [-0.2, 0) is 4.79 Å². The van der Waals surface area contributed by atoms with E-state index in [0.717, 1.165) is 43.4 Å². The number of carbonyl (C=O) groups is 1. The maximum Gasteiger partial charge on any atom is 0.234 e. The average molecular weight is 371 g/mol. The number of anilines is 1. The van der Waals surface area contributed by atoms with Gasteiger partial charge in [0.15, 0.2) is 5.82 Å². The number of pyridine rings is 1. The van der Waals surface area contributed by atoms with E-state index >= 15 is 0 Å². The van der Waals surface area contributed by atoms with Crippen LogP contribution in [0.4, 0.5) is 5.69 Å². The molecule has 3 heterocycles. The zero-order valence-electron chi connectivity index (χ0n) is 17.0. The lowest BCUT2D eigenvalue weighted by atomic mass is 10.1. The molecule has 2 aromatic heterocycles. The summed E-state index contributed by atoms with van der Waals surface area (Å²) < 4.78 is 1.91. The lowest BCUT2D eigenvalue weighted by Gasteiger charge is -2.36. The SMILES string of the molecule is Cc1nn(-c2ccccn2)c(C)c1N1CCN(CC(=O)NC(C)(C)C)CC1. The summed E-state index contributed by atoms with van der Waals surface area (Å²) in [4.78, 5) is 21.2. The number of amides is 1. The van der Waals surface area contributed by atoms with Crippen LogP contribution in [0.5, 0.6) is 0 Å². The minimum absolute atomic E-state index is 0.0892. The summed E-state index contributed by atoms with van der Waals surface area (Å²) in [5, 5.41) is 7.73. The predicted molar refractivity (Wildman–Crippen MR) is 107 cm³/mol. The summed E-state index contributed by atoms with van der Waals surface area (Å²) in [6, 6.07) is 5.85. The summed E-state index contributed by atoms with van der Waals surface area (Å²) >= 11 is 0. The van der Waals surface area contributed by atoms with Crippen LogP contribution in [0.15, 0.2) is 24.4 Å². The van der Waals surface area contributed by atoms with E-state index in [0.29, 0.717) is 6.54 Å². The number of hydrogen-bond donors (Lipinski definition) is 1. The van der Waals surface area contributed by atoms with Crippen molar-refractivity contribution in [1.82, 2.24) is 25.0 Å². The van der Waals surface area contributed by atoms with Crippen molar-refractivity contribution in [1.29, 1.82) is 0 Å². The summed E-state index contributed by atoms with van der Waals surface area (Å²) in [7, 11) is 0. The minimum Gasteiger partial charge on any atom is -0.366 e. The molecule has 0 spiro atoms. The molecule has 0 bridgehead atoms. The Hall–Kier alpha value is -2.41. The second-order valence-electron chi connectivity index (χ2n) is 8.18. The van der Waals surface area contributed by atoms with E-state index in [9.17, 15) is 4.79 Å². The van der Waals surface area contributed by atoms with Crippen LogP contribution in [0.1, 0.15) is 32.2 Å². The molecule has 0 radical (unpaired) electrons. The molecular weight excluding hydrogens is 340 g/mol. The Kier molecular flexibility index (Phi) is 5.51. The smallest absolute Gasteiger partial charge is 0.234 e. The van der Waals surface area contributed by atoms with Gasteiger partial charge >= 0.3 is 0 Å². The van der Waals surface area contributed by atoms with E-state index in [4.69, 9.17) is 5.10 Å². The number of aromatic nitrogens is 3. The van der Waals surface area contributed by atoms with Gasteiger partial charge in [0.2, 0.25) is 5.91 Å². The highest BCUT2D eigenvalue weighted by molar-refractivity contribution is 5.78. The van der Waals surface area contributed by atoms with E-state index in [1.54, 1.807) is 6.20 Å². The van der Waals surface area contributed by atoms with E-state index in [1.807, 2.05) is 50.6 Å². The molecule has 2 aromatic rings. The number of rotatable bonds is 4. The second kappa shape index (κ2) is 7.68. The van der Waals surface area contributed by atoms with Crippen LogP contribution < -0.4 is 10.2 Å². The molecule has 0 saturated carbocycles. The molecular formula is C20H30N6O. The summed E-state index contributed by atoms with van der Waals surface area (Å²) in [6.07, 6.45) is 1.78. The number of carbonyl (C=O) groups excluding carboxylic acids is 1. The van der Waals surface area contributed by atoms with Gasteiger partial charge < -0.3 is 10.2 Å². The van der Waals surface area contributed by atoms with Crippen molar-refractivity contribution < 1.29 is 4.79 Å². The fourth-order valence-corrected chi connectivity index (χ4v) is 3.58. The Morgan fingerprint density at radius 1 is 1.15 bits per heavy atom. The molecule has 0 aliphatic carbocycles. The standard InChI is InChI=1S/C20H30N6O/c1-15-19(16(2)26(23-15)17-8-6-7-9-21-17)25-12-10-24(11-13-25)14-18(27)22-20(3,4)5/h6-9H,10-14H2,1-5H3,(H,22,27). The van der Waals surface area contributed by atoms with Crippen LogP contribution in [0.25, 0.3) is 5.82 Å². The van der Waals surface area contributed by atoms with Crippen molar-refractivity contribution in [2.75, 3.05) is 37.6 Å². The second-order valence-corrected chi connectivity index (χ2v) is 8.18. The first-order valence-corrected chi connectivity index (χ1v) is 9.50. The van der Waals surface area contributed by atoms with Gasteiger partial charge in [-0.1, -0.05) is 6.07 Å². The van der Waals surface area contributed by atoms with Gasteiger partial charge in [-0.3, -0.25) is 9.69 Å². The van der Waals surface area contributed by atoms with Crippen LogP contribution in [0, 0.1) is 13.8 Å². The molecule has 27 heavy (non-hydrogen) atoms. The van der Waals surface area contributed by atoms with Crippen molar-refractivity contribution >= 4 is 11.6 Å². The molecule has 1 N–H and O–H groups in total. The van der Waals surface area contributed by atoms with Crippen molar-refractivity contribution in [3.05, 3.63) is 35.8 Å². The highest BCUT2D eigenvalue weighted by atomic mass is 16.2. The molecule has 1 amide bonds. The third-order valence-corrected chi connectivity index (χ3v) is 4.69. The van der Waals surface area contributed by atoms with Gasteiger partial charge in [-0.2, -0.15) is 5.10 Å². The third-order valence-electron chi connectivity index (χ3n) is 4.69. The fourth-order valence-electron chi connectivity index (χ4n) is 3.58. The van der Waals surface area contributed by atoms with Gasteiger partial charge in [0.05, 0.1) is 23.6 Å². The minimum atomic E-state index is -0.187. The van der Waals surface area contributed by atoms with Crippen molar-refractivity contribution in [2.24, 2.45) is 0 Å². The molecule has 1 aliphatic heterocycles. The fraction of sp³-hybridized carbons (Fsp3) is 0.550. The Morgan fingerprint density at radius 2 is 1.85 bits per heavy atom. The number of nitrogens with zero attached hydrogens (tertiary/aromatic N) is 5. The Bertz CT molecular complexity index is 785. The molecule has 146 valence electrons. The molecule has 0 unspecified atom stereocenters. The summed E-state index contributed by atoms with van der Waals surface area (Å²) in [6.45, 7) is 14.1. The molecule has 0 aromatic carbocycles. The van der Waals surface area contributed by atoms with Gasteiger partial charge in [-0.15, -0.1) is 0 Å². The molecule has 1 saturated heterocycles. The van der Waals surface area contributed by atoms with E-state index in [-0.39, 0.29) is 11.4 Å². The Balaban J connectivity index is 1.65. The molecule has 7 nitrogen and oxygen atoms in total. The van der Waals surface area contributed by atoms with E-state index < -0.39 is 0 Å². The first kappa shape index (κ1) is 19.4. The average Bonchev–Trinajstić information content (AvgIpc) is 2.89. The Morgan fingerprint density at radius 3 is 2.44 bits per heavy atom. The van der Waals surface area contributed by atoms with E-state index in [1.165, 1.54) is 5.69 Å². The van der Waals surface area contributed by atoms with Crippen LogP contribution in [0.2, 0.25) is 0 Å². The van der Waals surface area contributed by atoms with Gasteiger partial charge in [0, 0.05) is 37.9 Å². The topological polar surface area (TPSA) is 66.3 Å². The number of hydrogen-bond acceptors (Lipinski definition) is 5. The highest BCUT2D eigenvalue weighted by Gasteiger charge is 2.25. The highest BCUT2D eigenvalue weighted by Crippen LogP contribution is 2.27. The predicted octanol–water partition coefficient (Wildman–Crippen LogP) is 1.92. The van der Waals surface area contributed by atoms with Gasteiger partial charge in [-0.25, -0.2) is 9.67 Å². The van der Waals surface area contributed by atoms with Crippen molar-refractivity contribution in [2.45, 2.75) is 40.2 Å². The molecule has 1 aliphatic rings. The third kappa shape index (κ3) is 4.66. The zero-order valence-corrected chi connectivity index (χ0v) is 17.0. The van der Waals surface area contributed by atoms with Gasteiger partial charge in [0.1, 0.15) is 0 Å². The summed E-state index contributed by atoms with van der Waals surface area (Å²) in [5.74, 6) is 0.924. The number of nitrogens with one attached hydrogen (secondary N) is 1. The maximum atomic E-state index is 12.2. The largest absolute Gasteiger partial charge is 0.366 e. The summed E-state index contributed by atoms with van der Waals surface area (Å²) in [5.41, 5.74) is 3.11. The molecule has 0 atom stereocenters. The van der Waals surface area contributed by atoms with E-state index in [2.05, 4.69) is 27.0 Å². The van der Waals surface area contributed by atoms with Crippen molar-refractivity contribution in [3.8, 4) is 5.82 Å². The quantitative estimate of drug-likeness (QED) is 0.891. The Labute approximate surface area is 161 Å². The zero-order chi connectivity index (χ0) is 19.6. The van der Waals surface area contributed by atoms with Gasteiger partial charge in [-0.05, 0) is 46.8 Å². The first-order valence-electron chi connectivity index (χ1n) is 9.50. The molecule has 1 fully saturated rings. The van der Waals surface area contributed by atoms with Crippen molar-refractivity contribution in [3.63, 3.8) is 0 Å². The molecule has 3 rings (SSSR count). The van der Waals surface area contributed by atoms with Gasteiger partial charge in [0.25, 0.3) is 0 Å². The lowest BCUT2D eigenvalue weighted by molar-refractivity contribution is -0.123. The lowest BCUT2D eigenvalue weighted by Crippen LogP contribution is -2.52. The molecule has 7 heteroatoms. The normalized spacial score (nSPS) is 15.8. The first-order chi connectivity index (χ1) is 12.7. The maximum absolute atomic E-state index is 12.2. The number of piperazine rings is 1. The number of aryl methyl sites for hydroxylation is 1.